The molecule has 3 aromatic rings. The van der Waals surface area contributed by atoms with Gasteiger partial charge in [0.25, 0.3) is 5.56 Å². The molecule has 0 aliphatic rings. The average molecular weight is 402 g/mol. The molecule has 1 aromatic carbocycles. The number of rotatable bonds is 7. The lowest BCUT2D eigenvalue weighted by Gasteiger charge is -2.17. The Morgan fingerprint density at radius 3 is 2.67 bits per heavy atom. The Bertz CT molecular complexity index is 993. The zero-order valence-electron chi connectivity index (χ0n) is 15.7. The minimum Gasteiger partial charge on any atom is -0.325 e. The Hall–Kier alpha value is -2.12. The van der Waals surface area contributed by atoms with Crippen molar-refractivity contribution in [1.29, 1.82) is 0 Å². The standard InChI is InChI=1S/C20H23N3O2S2/c1-4-13(3)23-19(25)18-16(10-11-26-18)22-20(23)27-12-17(24)21-15-8-6-14(5-2)7-9-15/h6-11,13H,4-5,12H2,1-3H3,(H,21,24)/t13-/m0/s1. The number of aromatic nitrogens is 2. The van der Waals surface area contributed by atoms with Gasteiger partial charge in [0.15, 0.2) is 5.16 Å². The van der Waals surface area contributed by atoms with Gasteiger partial charge in [0.05, 0.1) is 11.3 Å². The van der Waals surface area contributed by atoms with Crippen LogP contribution in [0.2, 0.25) is 0 Å². The van der Waals surface area contributed by atoms with Crippen LogP contribution in [0.1, 0.15) is 38.8 Å². The number of nitrogens with one attached hydrogen (secondary N) is 1. The third-order valence-corrected chi connectivity index (χ3v) is 6.33. The fourth-order valence-corrected chi connectivity index (χ4v) is 4.39. The van der Waals surface area contributed by atoms with Crippen molar-refractivity contribution in [2.75, 3.05) is 11.1 Å². The topological polar surface area (TPSA) is 64.0 Å². The molecular weight excluding hydrogens is 378 g/mol. The van der Waals surface area contributed by atoms with Gasteiger partial charge in [0, 0.05) is 11.7 Å². The molecular formula is C20H23N3O2S2. The molecule has 0 saturated heterocycles. The number of hydrogen-bond acceptors (Lipinski definition) is 5. The monoisotopic (exact) mass is 401 g/mol. The van der Waals surface area contributed by atoms with Crippen LogP contribution < -0.4 is 10.9 Å². The quantitative estimate of drug-likeness (QED) is 0.459. The van der Waals surface area contributed by atoms with Gasteiger partial charge in [0.2, 0.25) is 5.91 Å². The highest BCUT2D eigenvalue weighted by atomic mass is 32.2. The molecule has 0 fully saturated rings. The highest BCUT2D eigenvalue weighted by Gasteiger charge is 2.17. The molecule has 0 aliphatic carbocycles. The van der Waals surface area contributed by atoms with E-state index in [0.29, 0.717) is 15.4 Å². The molecule has 27 heavy (non-hydrogen) atoms. The van der Waals surface area contributed by atoms with E-state index in [1.165, 1.54) is 28.7 Å². The first-order valence-corrected chi connectivity index (χ1v) is 10.9. The largest absolute Gasteiger partial charge is 0.325 e. The molecule has 142 valence electrons. The normalized spacial score (nSPS) is 12.3. The number of fused-ring (bicyclic) bond motifs is 1. The lowest BCUT2D eigenvalue weighted by molar-refractivity contribution is -0.113. The molecule has 0 aliphatic heterocycles. The summed E-state index contributed by atoms with van der Waals surface area (Å²) in [5, 5.41) is 5.37. The molecule has 2 aromatic heterocycles. The van der Waals surface area contributed by atoms with Crippen molar-refractivity contribution in [1.82, 2.24) is 9.55 Å². The molecule has 0 saturated carbocycles. The lowest BCUT2D eigenvalue weighted by atomic mass is 10.1. The number of nitrogens with zero attached hydrogens (tertiary/aromatic N) is 2. The molecule has 0 radical (unpaired) electrons. The maximum Gasteiger partial charge on any atom is 0.272 e. The summed E-state index contributed by atoms with van der Waals surface area (Å²) in [5.74, 6) is 0.0910. The van der Waals surface area contributed by atoms with E-state index in [-0.39, 0.29) is 23.3 Å². The van der Waals surface area contributed by atoms with Gasteiger partial charge in [-0.05, 0) is 48.9 Å². The molecule has 0 bridgehead atoms. The van der Waals surface area contributed by atoms with Crippen LogP contribution in [0, 0.1) is 0 Å². The van der Waals surface area contributed by atoms with Crippen LogP contribution in [0.3, 0.4) is 0 Å². The van der Waals surface area contributed by atoms with Crippen LogP contribution in [-0.2, 0) is 11.2 Å². The van der Waals surface area contributed by atoms with Gasteiger partial charge in [0.1, 0.15) is 4.70 Å². The third kappa shape index (κ3) is 4.42. The first-order valence-electron chi connectivity index (χ1n) is 9.04. The minimum atomic E-state index is -0.111. The summed E-state index contributed by atoms with van der Waals surface area (Å²) in [5.41, 5.74) is 2.68. The number of carbonyl (C=O) groups is 1. The molecule has 1 N–H and O–H groups in total. The van der Waals surface area contributed by atoms with Crippen molar-refractivity contribution in [2.24, 2.45) is 0 Å². The Labute approximate surface area is 166 Å². The first-order chi connectivity index (χ1) is 13.0. The molecule has 2 heterocycles. The maximum absolute atomic E-state index is 12.8. The summed E-state index contributed by atoms with van der Waals surface area (Å²) in [6.45, 7) is 6.14. The summed E-state index contributed by atoms with van der Waals surface area (Å²) in [6, 6.07) is 9.72. The van der Waals surface area contributed by atoms with Crippen LogP contribution in [-0.4, -0.2) is 21.2 Å². The van der Waals surface area contributed by atoms with E-state index < -0.39 is 0 Å². The van der Waals surface area contributed by atoms with E-state index in [0.717, 1.165) is 18.5 Å². The second-order valence-electron chi connectivity index (χ2n) is 6.35. The zero-order valence-corrected chi connectivity index (χ0v) is 17.3. The van der Waals surface area contributed by atoms with Crippen LogP contribution in [0.15, 0.2) is 45.7 Å². The SMILES string of the molecule is CCc1ccc(NC(=O)CSc2nc3ccsc3c(=O)n2[C@@H](C)CC)cc1. The van der Waals surface area contributed by atoms with Gasteiger partial charge in [-0.2, -0.15) is 0 Å². The predicted molar refractivity (Wildman–Crippen MR) is 114 cm³/mol. The number of amides is 1. The van der Waals surface area contributed by atoms with E-state index in [2.05, 4.69) is 17.2 Å². The van der Waals surface area contributed by atoms with Crippen molar-refractivity contribution >= 4 is 44.9 Å². The van der Waals surface area contributed by atoms with Gasteiger partial charge in [-0.25, -0.2) is 4.98 Å². The summed E-state index contributed by atoms with van der Waals surface area (Å²) in [7, 11) is 0. The summed E-state index contributed by atoms with van der Waals surface area (Å²) in [6.07, 6.45) is 1.79. The lowest BCUT2D eigenvalue weighted by Crippen LogP contribution is -2.26. The predicted octanol–water partition coefficient (Wildman–Crippen LogP) is 4.72. The number of carbonyl (C=O) groups excluding carboxylic acids is 1. The minimum absolute atomic E-state index is 0.0255. The van der Waals surface area contributed by atoms with E-state index in [9.17, 15) is 9.59 Å². The van der Waals surface area contributed by atoms with Gasteiger partial charge < -0.3 is 5.32 Å². The van der Waals surface area contributed by atoms with E-state index in [4.69, 9.17) is 0 Å². The number of anilines is 1. The van der Waals surface area contributed by atoms with Gasteiger partial charge >= 0.3 is 0 Å². The van der Waals surface area contributed by atoms with Crippen molar-refractivity contribution < 1.29 is 4.79 Å². The Balaban J connectivity index is 1.77. The Morgan fingerprint density at radius 2 is 2.00 bits per heavy atom. The van der Waals surface area contributed by atoms with Crippen molar-refractivity contribution in [3.05, 3.63) is 51.6 Å². The first kappa shape index (κ1) is 19.6. The molecule has 3 rings (SSSR count). The van der Waals surface area contributed by atoms with E-state index in [1.54, 1.807) is 4.57 Å². The van der Waals surface area contributed by atoms with Crippen LogP contribution in [0.25, 0.3) is 10.2 Å². The molecule has 5 nitrogen and oxygen atoms in total. The Kier molecular flexibility index (Phi) is 6.34. The molecule has 1 atom stereocenters. The number of hydrogen-bond donors (Lipinski definition) is 1. The highest BCUT2D eigenvalue weighted by Crippen LogP contribution is 2.24. The van der Waals surface area contributed by atoms with Crippen LogP contribution in [0.5, 0.6) is 0 Å². The molecule has 1 amide bonds. The van der Waals surface area contributed by atoms with Crippen LogP contribution >= 0.6 is 23.1 Å². The van der Waals surface area contributed by atoms with Gasteiger partial charge in [-0.1, -0.05) is 37.7 Å². The number of thiophene rings is 1. The van der Waals surface area contributed by atoms with Gasteiger partial charge in [-0.3, -0.25) is 14.2 Å². The zero-order chi connectivity index (χ0) is 19.4. The van der Waals surface area contributed by atoms with Gasteiger partial charge in [-0.15, -0.1) is 11.3 Å². The van der Waals surface area contributed by atoms with Crippen LogP contribution in [0.4, 0.5) is 5.69 Å². The Morgan fingerprint density at radius 1 is 1.26 bits per heavy atom. The van der Waals surface area contributed by atoms with Crippen molar-refractivity contribution in [3.8, 4) is 0 Å². The fourth-order valence-electron chi connectivity index (χ4n) is 2.73. The smallest absolute Gasteiger partial charge is 0.272 e. The highest BCUT2D eigenvalue weighted by molar-refractivity contribution is 7.99. The average Bonchev–Trinajstić information content (AvgIpc) is 3.15. The van der Waals surface area contributed by atoms with E-state index in [1.807, 2.05) is 49.6 Å². The summed E-state index contributed by atoms with van der Waals surface area (Å²) < 4.78 is 2.38. The second-order valence-corrected chi connectivity index (χ2v) is 8.21. The van der Waals surface area contributed by atoms with Crippen molar-refractivity contribution in [2.45, 2.75) is 44.8 Å². The maximum atomic E-state index is 12.8. The number of thioether (sulfide) groups is 1. The number of aryl methyl sites for hydroxylation is 1. The van der Waals surface area contributed by atoms with E-state index >= 15 is 0 Å². The molecule has 0 unspecified atom stereocenters. The summed E-state index contributed by atoms with van der Waals surface area (Å²) >= 11 is 2.71. The fraction of sp³-hybridized carbons (Fsp3) is 0.350. The number of benzene rings is 1. The van der Waals surface area contributed by atoms with Crippen molar-refractivity contribution in [3.63, 3.8) is 0 Å². The third-order valence-electron chi connectivity index (χ3n) is 4.49. The molecule has 0 spiro atoms. The molecule has 7 heteroatoms. The summed E-state index contributed by atoms with van der Waals surface area (Å²) in [4.78, 5) is 29.8. The second kappa shape index (κ2) is 8.71.